The number of anilines is 1. The number of aromatic nitrogens is 3. The molecule has 0 aliphatic carbocycles. The van der Waals surface area contributed by atoms with E-state index in [4.69, 9.17) is 9.62 Å². The third-order valence-electron chi connectivity index (χ3n) is 4.52. The Kier molecular flexibility index (Phi) is 4.76. The minimum Gasteiger partial charge on any atom is -0.361 e. The van der Waals surface area contributed by atoms with E-state index in [-0.39, 0.29) is 5.91 Å². The van der Waals surface area contributed by atoms with Crippen LogP contribution in [0.25, 0.3) is 16.9 Å². The first-order chi connectivity index (χ1) is 13.7. The first kappa shape index (κ1) is 17.7. The summed E-state index contributed by atoms with van der Waals surface area (Å²) in [5, 5.41) is 11.7. The van der Waals surface area contributed by atoms with Crippen molar-refractivity contribution in [1.82, 2.24) is 14.9 Å². The average Bonchev–Trinajstić information content (AvgIpc) is 3.32. The van der Waals surface area contributed by atoms with E-state index in [1.54, 1.807) is 11.6 Å². The molecule has 0 spiro atoms. The fraction of sp³-hybridized carbons (Fsp3) is 0.136. The monoisotopic (exact) mass is 372 g/mol. The van der Waals surface area contributed by atoms with E-state index < -0.39 is 0 Å². The second-order valence-corrected chi connectivity index (χ2v) is 6.40. The summed E-state index contributed by atoms with van der Waals surface area (Å²) in [6, 6.07) is 21.4. The molecule has 0 aliphatic heterocycles. The van der Waals surface area contributed by atoms with Gasteiger partial charge in [0, 0.05) is 11.6 Å². The lowest BCUT2D eigenvalue weighted by Gasteiger charge is -2.08. The molecule has 28 heavy (non-hydrogen) atoms. The maximum absolute atomic E-state index is 13.0. The molecule has 4 rings (SSSR count). The minimum atomic E-state index is -0.257. The Morgan fingerprint density at radius 3 is 2.43 bits per heavy atom. The van der Waals surface area contributed by atoms with Gasteiger partial charge in [0.2, 0.25) is 0 Å². The molecular formula is C22H20N4O2. The van der Waals surface area contributed by atoms with Crippen LogP contribution in [0.5, 0.6) is 0 Å². The van der Waals surface area contributed by atoms with E-state index in [1.807, 2.05) is 73.7 Å². The molecule has 4 aromatic rings. The van der Waals surface area contributed by atoms with Gasteiger partial charge in [-0.25, -0.2) is 4.68 Å². The zero-order valence-electron chi connectivity index (χ0n) is 15.7. The molecule has 0 unspecified atom stereocenters. The zero-order valence-corrected chi connectivity index (χ0v) is 15.7. The summed E-state index contributed by atoms with van der Waals surface area (Å²) in [4.78, 5) is 13.0. The van der Waals surface area contributed by atoms with E-state index in [0.29, 0.717) is 29.3 Å². The molecule has 2 aromatic heterocycles. The van der Waals surface area contributed by atoms with Crippen LogP contribution in [0.1, 0.15) is 28.7 Å². The Balaban J connectivity index is 1.76. The highest BCUT2D eigenvalue weighted by atomic mass is 16.5. The molecule has 6 nitrogen and oxygen atoms in total. The summed E-state index contributed by atoms with van der Waals surface area (Å²) >= 11 is 0. The van der Waals surface area contributed by atoms with E-state index in [9.17, 15) is 4.79 Å². The SMILES string of the molecule is CCc1noc(C)c1C(=O)Nc1cc(-c2ccccc2)nn1-c1ccccc1. The van der Waals surface area contributed by atoms with E-state index >= 15 is 0 Å². The van der Waals surface area contributed by atoms with Crippen LogP contribution >= 0.6 is 0 Å². The number of para-hydroxylation sites is 1. The highest BCUT2D eigenvalue weighted by Crippen LogP contribution is 2.26. The lowest BCUT2D eigenvalue weighted by Crippen LogP contribution is -2.17. The van der Waals surface area contributed by atoms with Gasteiger partial charge in [-0.2, -0.15) is 5.10 Å². The maximum Gasteiger partial charge on any atom is 0.262 e. The van der Waals surface area contributed by atoms with Crippen molar-refractivity contribution >= 4 is 11.7 Å². The molecule has 2 heterocycles. The fourth-order valence-electron chi connectivity index (χ4n) is 3.12. The normalized spacial score (nSPS) is 10.8. The second kappa shape index (κ2) is 7.52. The van der Waals surface area contributed by atoms with Crippen molar-refractivity contribution in [1.29, 1.82) is 0 Å². The highest BCUT2D eigenvalue weighted by Gasteiger charge is 2.21. The van der Waals surface area contributed by atoms with Crippen LogP contribution in [0.4, 0.5) is 5.82 Å². The minimum absolute atomic E-state index is 0.257. The molecule has 0 bridgehead atoms. The Morgan fingerprint density at radius 2 is 1.75 bits per heavy atom. The average molecular weight is 372 g/mol. The lowest BCUT2D eigenvalue weighted by molar-refractivity contribution is 0.102. The van der Waals surface area contributed by atoms with Gasteiger partial charge in [0.15, 0.2) is 0 Å². The van der Waals surface area contributed by atoms with Crippen LogP contribution in [0.2, 0.25) is 0 Å². The first-order valence-corrected chi connectivity index (χ1v) is 9.14. The smallest absolute Gasteiger partial charge is 0.262 e. The largest absolute Gasteiger partial charge is 0.361 e. The Hall–Kier alpha value is -3.67. The van der Waals surface area contributed by atoms with Gasteiger partial charge in [0.25, 0.3) is 5.91 Å². The molecular weight excluding hydrogens is 352 g/mol. The summed E-state index contributed by atoms with van der Waals surface area (Å²) in [6.07, 6.45) is 0.618. The van der Waals surface area contributed by atoms with Crippen LogP contribution in [0.3, 0.4) is 0 Å². The number of amides is 1. The summed E-state index contributed by atoms with van der Waals surface area (Å²) in [5.41, 5.74) is 3.73. The van der Waals surface area contributed by atoms with Crippen LogP contribution < -0.4 is 5.32 Å². The van der Waals surface area contributed by atoms with Gasteiger partial charge in [-0.05, 0) is 25.5 Å². The molecule has 2 aromatic carbocycles. The molecule has 0 aliphatic rings. The summed E-state index contributed by atoms with van der Waals surface area (Å²) < 4.78 is 6.93. The van der Waals surface area contributed by atoms with Crippen molar-refractivity contribution in [3.05, 3.63) is 83.7 Å². The van der Waals surface area contributed by atoms with Crippen LogP contribution in [-0.4, -0.2) is 20.8 Å². The summed E-state index contributed by atoms with van der Waals surface area (Å²) in [7, 11) is 0. The van der Waals surface area contributed by atoms with Gasteiger partial charge in [-0.3, -0.25) is 4.79 Å². The van der Waals surface area contributed by atoms with Crippen LogP contribution in [-0.2, 0) is 6.42 Å². The van der Waals surface area contributed by atoms with Crippen molar-refractivity contribution in [2.24, 2.45) is 0 Å². The number of aryl methyl sites for hydroxylation is 2. The van der Waals surface area contributed by atoms with E-state index in [2.05, 4.69) is 10.5 Å². The molecule has 1 N–H and O–H groups in total. The van der Waals surface area contributed by atoms with Crippen molar-refractivity contribution in [2.75, 3.05) is 5.32 Å². The van der Waals surface area contributed by atoms with Crippen molar-refractivity contribution in [3.63, 3.8) is 0 Å². The van der Waals surface area contributed by atoms with Gasteiger partial charge in [0.05, 0.1) is 17.1 Å². The number of carbonyl (C=O) groups excluding carboxylic acids is 1. The molecule has 0 radical (unpaired) electrons. The highest BCUT2D eigenvalue weighted by molar-refractivity contribution is 6.05. The third-order valence-corrected chi connectivity index (χ3v) is 4.52. The number of hydrogen-bond acceptors (Lipinski definition) is 4. The first-order valence-electron chi connectivity index (χ1n) is 9.14. The number of nitrogens with zero attached hydrogens (tertiary/aromatic N) is 3. The number of rotatable bonds is 5. The Morgan fingerprint density at radius 1 is 1.07 bits per heavy atom. The standard InChI is InChI=1S/C22H20N4O2/c1-3-18-21(15(2)28-25-18)22(27)23-20-14-19(16-10-6-4-7-11-16)24-26(20)17-12-8-5-9-13-17/h4-14H,3H2,1-2H3,(H,23,27). The molecule has 0 fully saturated rings. The summed E-state index contributed by atoms with van der Waals surface area (Å²) in [5.74, 6) is 0.827. The van der Waals surface area contributed by atoms with E-state index in [1.165, 1.54) is 0 Å². The molecule has 6 heteroatoms. The maximum atomic E-state index is 13.0. The number of nitrogens with one attached hydrogen (secondary N) is 1. The number of hydrogen-bond donors (Lipinski definition) is 1. The van der Waals surface area contributed by atoms with Crippen molar-refractivity contribution < 1.29 is 9.32 Å². The zero-order chi connectivity index (χ0) is 19.5. The Labute approximate surface area is 162 Å². The fourth-order valence-corrected chi connectivity index (χ4v) is 3.12. The molecule has 140 valence electrons. The van der Waals surface area contributed by atoms with Crippen LogP contribution in [0, 0.1) is 6.92 Å². The predicted octanol–water partition coefficient (Wildman–Crippen LogP) is 4.65. The van der Waals surface area contributed by atoms with Gasteiger partial charge < -0.3 is 9.84 Å². The van der Waals surface area contributed by atoms with Gasteiger partial charge in [-0.1, -0.05) is 60.6 Å². The van der Waals surface area contributed by atoms with Crippen LogP contribution in [0.15, 0.2) is 71.3 Å². The molecule has 0 saturated carbocycles. The second-order valence-electron chi connectivity index (χ2n) is 6.40. The quantitative estimate of drug-likeness (QED) is 0.553. The van der Waals surface area contributed by atoms with Crippen molar-refractivity contribution in [2.45, 2.75) is 20.3 Å². The molecule has 1 amide bonds. The lowest BCUT2D eigenvalue weighted by atomic mass is 10.1. The van der Waals surface area contributed by atoms with Gasteiger partial charge in [0.1, 0.15) is 17.1 Å². The molecule has 0 saturated heterocycles. The third kappa shape index (κ3) is 3.32. The van der Waals surface area contributed by atoms with Crippen molar-refractivity contribution in [3.8, 4) is 16.9 Å². The Bertz CT molecular complexity index is 1100. The topological polar surface area (TPSA) is 73.0 Å². The summed E-state index contributed by atoms with van der Waals surface area (Å²) in [6.45, 7) is 3.68. The van der Waals surface area contributed by atoms with Gasteiger partial charge >= 0.3 is 0 Å². The van der Waals surface area contributed by atoms with Gasteiger partial charge in [-0.15, -0.1) is 0 Å². The van der Waals surface area contributed by atoms with E-state index in [0.717, 1.165) is 16.9 Å². The molecule has 0 atom stereocenters. The predicted molar refractivity (Wildman–Crippen MR) is 108 cm³/mol. The number of benzene rings is 2. The number of carbonyl (C=O) groups is 1.